The molecule has 0 saturated heterocycles. The van der Waals surface area contributed by atoms with Gasteiger partial charge in [0.05, 0.1) is 24.2 Å². The Kier molecular flexibility index (Phi) is 6.31. The molecule has 3 aromatic rings. The molecule has 1 heterocycles. The van der Waals surface area contributed by atoms with E-state index in [4.69, 9.17) is 4.74 Å². The zero-order chi connectivity index (χ0) is 20.6. The molecule has 3 N–H and O–H groups in total. The van der Waals surface area contributed by atoms with Gasteiger partial charge in [-0.2, -0.15) is 4.98 Å². The summed E-state index contributed by atoms with van der Waals surface area (Å²) in [6.07, 6.45) is 2.09. The third kappa shape index (κ3) is 5.48. The Morgan fingerprint density at radius 2 is 2.07 bits per heavy atom. The van der Waals surface area contributed by atoms with Gasteiger partial charge >= 0.3 is 5.97 Å². The zero-order valence-electron chi connectivity index (χ0n) is 15.5. The van der Waals surface area contributed by atoms with Crippen LogP contribution in [0, 0.1) is 5.82 Å². The summed E-state index contributed by atoms with van der Waals surface area (Å²) < 4.78 is 18.9. The van der Waals surface area contributed by atoms with Crippen molar-refractivity contribution in [1.82, 2.24) is 9.97 Å². The predicted molar refractivity (Wildman–Crippen MR) is 108 cm³/mol. The van der Waals surface area contributed by atoms with Gasteiger partial charge in [-0.25, -0.2) is 19.2 Å². The highest BCUT2D eigenvalue weighted by Crippen LogP contribution is 2.27. The van der Waals surface area contributed by atoms with E-state index in [0.717, 1.165) is 12.4 Å². The molecule has 8 nitrogen and oxygen atoms in total. The Labute approximate surface area is 166 Å². The monoisotopic (exact) mass is 395 g/mol. The molecule has 0 bridgehead atoms. The van der Waals surface area contributed by atoms with E-state index >= 15 is 0 Å². The number of aromatic hydroxyl groups is 1. The molecule has 0 fully saturated rings. The number of nitrogens with one attached hydrogen (secondary N) is 2. The first-order valence-electron chi connectivity index (χ1n) is 8.70. The van der Waals surface area contributed by atoms with E-state index < -0.39 is 11.8 Å². The minimum Gasteiger partial charge on any atom is -0.508 e. The maximum absolute atomic E-state index is 14.1. The van der Waals surface area contributed by atoms with Crippen LogP contribution in [-0.2, 0) is 9.53 Å². The van der Waals surface area contributed by atoms with Gasteiger partial charge in [-0.05, 0) is 31.2 Å². The van der Waals surface area contributed by atoms with Crippen LogP contribution >= 0.6 is 0 Å². The van der Waals surface area contributed by atoms with Crippen LogP contribution in [0.25, 0.3) is 0 Å². The van der Waals surface area contributed by atoms with Crippen LogP contribution in [0.4, 0.5) is 33.2 Å². The molecule has 0 amide bonds. The van der Waals surface area contributed by atoms with Crippen LogP contribution in [0.15, 0.2) is 59.7 Å². The lowest BCUT2D eigenvalue weighted by Crippen LogP contribution is -2.05. The molecule has 148 valence electrons. The Bertz CT molecular complexity index is 1040. The number of para-hydroxylation sites is 2. The molecule has 0 radical (unpaired) electrons. The van der Waals surface area contributed by atoms with Crippen molar-refractivity contribution >= 4 is 41.0 Å². The summed E-state index contributed by atoms with van der Waals surface area (Å²) in [6, 6.07) is 13.1. The van der Waals surface area contributed by atoms with Crippen LogP contribution in [0.1, 0.15) is 6.92 Å². The summed E-state index contributed by atoms with van der Waals surface area (Å²) in [5.74, 6) is -1.13. The van der Waals surface area contributed by atoms with E-state index in [9.17, 15) is 14.3 Å². The molecule has 0 spiro atoms. The first-order valence-corrected chi connectivity index (χ1v) is 8.70. The van der Waals surface area contributed by atoms with Crippen molar-refractivity contribution in [2.24, 2.45) is 4.99 Å². The molecule has 3 rings (SSSR count). The molecule has 0 aliphatic carbocycles. The smallest absolute Gasteiger partial charge is 0.349 e. The number of benzene rings is 2. The molecule has 1 aromatic heterocycles. The second-order valence-corrected chi connectivity index (χ2v) is 5.72. The minimum absolute atomic E-state index is 0.0381. The van der Waals surface area contributed by atoms with E-state index in [1.54, 1.807) is 43.3 Å². The third-order valence-electron chi connectivity index (χ3n) is 3.60. The van der Waals surface area contributed by atoms with Crippen LogP contribution < -0.4 is 10.6 Å². The van der Waals surface area contributed by atoms with Gasteiger partial charge in [0.25, 0.3) is 0 Å². The number of carbonyl (C=O) groups is 1. The summed E-state index contributed by atoms with van der Waals surface area (Å²) >= 11 is 0. The van der Waals surface area contributed by atoms with Crippen molar-refractivity contribution in [2.75, 3.05) is 17.2 Å². The Morgan fingerprint density at radius 3 is 2.86 bits per heavy atom. The Balaban J connectivity index is 1.81. The normalized spacial score (nSPS) is 10.7. The number of phenolic OH excluding ortho intramolecular Hbond substituents is 1. The second kappa shape index (κ2) is 9.27. The number of ether oxygens (including phenoxy) is 1. The highest BCUT2D eigenvalue weighted by molar-refractivity contribution is 6.23. The van der Waals surface area contributed by atoms with E-state index in [1.165, 1.54) is 12.1 Å². The first-order chi connectivity index (χ1) is 14.0. The topological polar surface area (TPSA) is 109 Å². The average Bonchev–Trinajstić information content (AvgIpc) is 2.70. The molecule has 0 aliphatic rings. The summed E-state index contributed by atoms with van der Waals surface area (Å²) in [6.45, 7) is 1.96. The lowest BCUT2D eigenvalue weighted by Gasteiger charge is -2.11. The number of rotatable bonds is 7. The third-order valence-corrected chi connectivity index (χ3v) is 3.60. The molecule has 2 aromatic carbocycles. The molecule has 29 heavy (non-hydrogen) atoms. The number of aliphatic imine (C=N–C) groups is 1. The fraction of sp³-hybridized carbons (Fsp3) is 0.100. The van der Waals surface area contributed by atoms with Crippen LogP contribution in [0.3, 0.4) is 0 Å². The van der Waals surface area contributed by atoms with Crippen molar-refractivity contribution < 1.29 is 19.0 Å². The number of anilines is 4. The summed E-state index contributed by atoms with van der Waals surface area (Å²) in [5.41, 5.74) is 1.44. The highest BCUT2D eigenvalue weighted by Gasteiger charge is 2.10. The fourth-order valence-corrected chi connectivity index (χ4v) is 2.35. The zero-order valence-corrected chi connectivity index (χ0v) is 15.5. The highest BCUT2D eigenvalue weighted by atomic mass is 19.1. The first kappa shape index (κ1) is 19.7. The van der Waals surface area contributed by atoms with Gasteiger partial charge in [-0.15, -0.1) is 0 Å². The van der Waals surface area contributed by atoms with Crippen molar-refractivity contribution in [1.29, 1.82) is 0 Å². The minimum atomic E-state index is -0.660. The van der Waals surface area contributed by atoms with Crippen molar-refractivity contribution in [2.45, 2.75) is 6.92 Å². The molecule has 0 atom stereocenters. The van der Waals surface area contributed by atoms with Crippen LogP contribution in [0.2, 0.25) is 0 Å². The summed E-state index contributed by atoms with van der Waals surface area (Å²) in [7, 11) is 0. The fourth-order valence-electron chi connectivity index (χ4n) is 2.35. The van der Waals surface area contributed by atoms with Crippen molar-refractivity contribution in [3.63, 3.8) is 0 Å². The van der Waals surface area contributed by atoms with Crippen LogP contribution in [0.5, 0.6) is 5.75 Å². The molecular weight excluding hydrogens is 377 g/mol. The van der Waals surface area contributed by atoms with Gasteiger partial charge in [-0.3, -0.25) is 0 Å². The largest absolute Gasteiger partial charge is 0.508 e. The standard InChI is InChI=1S/C20H18FN5O3/c1-2-29-18(28)12-22-16-8-3-4-9-17(16)25-20-23-11-15(21)19(26-20)24-13-6-5-7-14(27)10-13/h3-12,27H,2H2,1H3,(H2,23,24,25,26)/b22-12+. The van der Waals surface area contributed by atoms with Gasteiger partial charge in [0, 0.05) is 11.8 Å². The molecule has 0 unspecified atom stereocenters. The Hall–Kier alpha value is -4.01. The van der Waals surface area contributed by atoms with E-state index in [2.05, 4.69) is 25.6 Å². The predicted octanol–water partition coefficient (Wildman–Crippen LogP) is 4.07. The molecular formula is C20H18FN5O3. The van der Waals surface area contributed by atoms with Crippen LogP contribution in [-0.4, -0.2) is 33.9 Å². The Morgan fingerprint density at radius 1 is 1.24 bits per heavy atom. The van der Waals surface area contributed by atoms with Gasteiger partial charge in [0.2, 0.25) is 5.95 Å². The van der Waals surface area contributed by atoms with Gasteiger partial charge in [-0.1, -0.05) is 18.2 Å². The summed E-state index contributed by atoms with van der Waals surface area (Å²) in [4.78, 5) is 23.6. The quantitative estimate of drug-likeness (QED) is 0.409. The molecule has 9 heteroatoms. The van der Waals surface area contributed by atoms with Gasteiger partial charge < -0.3 is 20.5 Å². The maximum atomic E-state index is 14.1. The number of aromatic nitrogens is 2. The lowest BCUT2D eigenvalue weighted by molar-refractivity contribution is -0.134. The summed E-state index contributed by atoms with van der Waals surface area (Å²) in [5, 5.41) is 15.3. The number of carbonyl (C=O) groups excluding carboxylic acids is 1. The van der Waals surface area contributed by atoms with E-state index in [1.807, 2.05) is 0 Å². The number of esters is 1. The lowest BCUT2D eigenvalue weighted by atomic mass is 10.2. The van der Waals surface area contributed by atoms with Gasteiger partial charge in [0.1, 0.15) is 12.0 Å². The number of halogens is 1. The maximum Gasteiger partial charge on any atom is 0.349 e. The van der Waals surface area contributed by atoms with Gasteiger partial charge in [0.15, 0.2) is 11.6 Å². The van der Waals surface area contributed by atoms with E-state index in [0.29, 0.717) is 17.1 Å². The molecule has 0 saturated carbocycles. The molecule has 0 aliphatic heterocycles. The number of phenols is 1. The van der Waals surface area contributed by atoms with Crippen molar-refractivity contribution in [3.05, 3.63) is 60.5 Å². The average molecular weight is 395 g/mol. The van der Waals surface area contributed by atoms with Crippen molar-refractivity contribution in [3.8, 4) is 5.75 Å². The van der Waals surface area contributed by atoms with E-state index in [-0.39, 0.29) is 24.1 Å². The second-order valence-electron chi connectivity index (χ2n) is 5.72. The SMILES string of the molecule is CCOC(=O)/C=N/c1ccccc1Nc1ncc(F)c(Nc2cccc(O)c2)n1. The number of hydrogen-bond donors (Lipinski definition) is 3. The number of nitrogens with zero attached hydrogens (tertiary/aromatic N) is 3. The number of hydrogen-bond acceptors (Lipinski definition) is 8.